The maximum Gasteiger partial charge on any atom is 0.161 e. The van der Waals surface area contributed by atoms with Crippen LogP contribution in [0.4, 0.5) is 8.78 Å². The van der Waals surface area contributed by atoms with E-state index in [0.29, 0.717) is 11.1 Å². The molecule has 22 heavy (non-hydrogen) atoms. The molecule has 0 saturated carbocycles. The predicted molar refractivity (Wildman–Crippen MR) is 94.4 cm³/mol. The minimum Gasteiger partial charge on any atom is -0.203 e. The summed E-state index contributed by atoms with van der Waals surface area (Å²) in [4.78, 5) is 0. The Morgan fingerprint density at radius 3 is 0.955 bits per heavy atom. The van der Waals surface area contributed by atoms with E-state index in [1.165, 1.54) is 25.0 Å². The highest BCUT2D eigenvalue weighted by Crippen LogP contribution is 2.13. The van der Waals surface area contributed by atoms with Gasteiger partial charge in [0, 0.05) is 0 Å². The second-order valence-electron chi connectivity index (χ2n) is 4.48. The fraction of sp³-hybridized carbons (Fsp3) is 0.400. The van der Waals surface area contributed by atoms with E-state index in [-0.39, 0.29) is 0 Å². The van der Waals surface area contributed by atoms with E-state index < -0.39 is 11.6 Å². The fourth-order valence-corrected chi connectivity index (χ4v) is 1.38. The molecule has 0 aliphatic carbocycles. The number of rotatable bonds is 0. The van der Waals surface area contributed by atoms with Gasteiger partial charge in [0.1, 0.15) is 0 Å². The number of hydrogen-bond donors (Lipinski definition) is 0. The highest BCUT2D eigenvalue weighted by atomic mass is 19.2. The first kappa shape index (κ1) is 22.6. The fourth-order valence-electron chi connectivity index (χ4n) is 1.38. The Morgan fingerprint density at radius 2 is 0.727 bits per heavy atom. The number of hydrogen-bond acceptors (Lipinski definition) is 0. The molecule has 2 aromatic rings. The minimum absolute atomic E-state index is 0.350. The van der Waals surface area contributed by atoms with E-state index in [1.54, 1.807) is 12.1 Å². The molecule has 0 spiro atoms. The van der Waals surface area contributed by atoms with E-state index in [4.69, 9.17) is 0 Å². The van der Waals surface area contributed by atoms with Gasteiger partial charge >= 0.3 is 0 Å². The summed E-state index contributed by atoms with van der Waals surface area (Å²) in [5.74, 6) is -1.47. The average Bonchev–Trinajstić information content (AvgIpc) is 2.56. The quantitative estimate of drug-likeness (QED) is 0.494. The standard InChI is InChI=1S/C8H8F2.C8H10.2C2H6/c1-5-3-4-6(2)8(10)7(5)9;1-7-3-5-8(2)6-4-7;2*1-2/h3-4H,1-2H3;3-6H,1-2H3;2*1-2H3. The van der Waals surface area contributed by atoms with Crippen LogP contribution in [0.5, 0.6) is 0 Å². The van der Waals surface area contributed by atoms with Crippen LogP contribution in [0.15, 0.2) is 36.4 Å². The number of benzene rings is 2. The van der Waals surface area contributed by atoms with Crippen LogP contribution in [0.3, 0.4) is 0 Å². The van der Waals surface area contributed by atoms with Crippen LogP contribution in [-0.2, 0) is 0 Å². The predicted octanol–water partition coefficient (Wildman–Crippen LogP) is 6.94. The topological polar surface area (TPSA) is 0 Å². The first-order chi connectivity index (χ1) is 10.4. The Kier molecular flexibility index (Phi) is 13.3. The van der Waals surface area contributed by atoms with Crippen molar-refractivity contribution in [1.82, 2.24) is 0 Å². The largest absolute Gasteiger partial charge is 0.203 e. The second kappa shape index (κ2) is 13.0. The lowest BCUT2D eigenvalue weighted by atomic mass is 10.1. The third kappa shape index (κ3) is 8.56. The Bertz CT molecular complexity index is 466. The smallest absolute Gasteiger partial charge is 0.161 e. The first-order valence-electron chi connectivity index (χ1n) is 7.86. The van der Waals surface area contributed by atoms with Gasteiger partial charge in [0.05, 0.1) is 0 Å². The lowest BCUT2D eigenvalue weighted by Crippen LogP contribution is -1.91. The molecule has 0 N–H and O–H groups in total. The van der Waals surface area contributed by atoms with Gasteiger partial charge in [0.15, 0.2) is 11.6 Å². The van der Waals surface area contributed by atoms with Gasteiger partial charge in [-0.05, 0) is 38.8 Å². The van der Waals surface area contributed by atoms with Gasteiger partial charge in [0.2, 0.25) is 0 Å². The Hall–Kier alpha value is -1.70. The molecule has 0 fully saturated rings. The summed E-state index contributed by atoms with van der Waals surface area (Å²) in [6.07, 6.45) is 0. The summed E-state index contributed by atoms with van der Waals surface area (Å²) in [5, 5.41) is 0. The van der Waals surface area contributed by atoms with Crippen LogP contribution < -0.4 is 0 Å². The molecule has 2 rings (SSSR count). The van der Waals surface area contributed by atoms with Crippen molar-refractivity contribution in [2.24, 2.45) is 0 Å². The van der Waals surface area contributed by atoms with Gasteiger partial charge in [-0.2, -0.15) is 0 Å². The van der Waals surface area contributed by atoms with Crippen molar-refractivity contribution in [1.29, 1.82) is 0 Å². The molecule has 124 valence electrons. The summed E-state index contributed by atoms with van der Waals surface area (Å²) in [6, 6.07) is 11.6. The summed E-state index contributed by atoms with van der Waals surface area (Å²) in [6.45, 7) is 15.3. The molecule has 0 unspecified atom stereocenters. The minimum atomic E-state index is -0.736. The molecule has 0 atom stereocenters. The molecule has 2 aromatic carbocycles. The van der Waals surface area contributed by atoms with Crippen LogP contribution >= 0.6 is 0 Å². The molecule has 0 aliphatic heterocycles. The summed E-state index contributed by atoms with van der Waals surface area (Å²) in [7, 11) is 0. The van der Waals surface area contributed by atoms with Crippen LogP contribution in [0.25, 0.3) is 0 Å². The van der Waals surface area contributed by atoms with E-state index in [9.17, 15) is 8.78 Å². The Labute approximate surface area is 135 Å². The Morgan fingerprint density at radius 1 is 0.500 bits per heavy atom. The van der Waals surface area contributed by atoms with Crippen molar-refractivity contribution in [3.05, 3.63) is 70.3 Å². The summed E-state index contributed by atoms with van der Waals surface area (Å²) < 4.78 is 25.2. The van der Waals surface area contributed by atoms with Gasteiger partial charge in [-0.1, -0.05) is 75.2 Å². The maximum absolute atomic E-state index is 12.6. The molecular formula is C20H30F2. The lowest BCUT2D eigenvalue weighted by molar-refractivity contribution is 0.497. The van der Waals surface area contributed by atoms with Crippen LogP contribution in [0.2, 0.25) is 0 Å². The lowest BCUT2D eigenvalue weighted by Gasteiger charge is -1.99. The molecular weight excluding hydrogens is 278 g/mol. The molecule has 0 aliphatic rings. The zero-order chi connectivity index (χ0) is 17.7. The third-order valence-corrected chi connectivity index (χ3v) is 2.69. The van der Waals surface area contributed by atoms with Crippen LogP contribution in [0.1, 0.15) is 49.9 Å². The van der Waals surface area contributed by atoms with Crippen molar-refractivity contribution in [2.75, 3.05) is 0 Å². The number of aryl methyl sites for hydroxylation is 4. The molecule has 2 heteroatoms. The normalized spacial score (nSPS) is 8.45. The van der Waals surface area contributed by atoms with Crippen molar-refractivity contribution in [3.63, 3.8) is 0 Å². The summed E-state index contributed by atoms with van der Waals surface area (Å²) >= 11 is 0. The molecule has 0 heterocycles. The number of halogens is 2. The van der Waals surface area contributed by atoms with E-state index in [0.717, 1.165) is 0 Å². The highest BCUT2D eigenvalue weighted by Gasteiger charge is 2.05. The van der Waals surface area contributed by atoms with Crippen LogP contribution in [0, 0.1) is 39.3 Å². The van der Waals surface area contributed by atoms with Crippen molar-refractivity contribution in [2.45, 2.75) is 55.4 Å². The first-order valence-corrected chi connectivity index (χ1v) is 7.86. The second-order valence-corrected chi connectivity index (χ2v) is 4.48. The van der Waals surface area contributed by atoms with Crippen molar-refractivity contribution < 1.29 is 8.78 Å². The molecule has 0 amide bonds. The SMILES string of the molecule is CC.CC.Cc1ccc(C)c(F)c1F.Cc1ccc(C)cc1. The van der Waals surface area contributed by atoms with E-state index in [1.807, 2.05) is 27.7 Å². The van der Waals surface area contributed by atoms with Gasteiger partial charge < -0.3 is 0 Å². The van der Waals surface area contributed by atoms with Gasteiger partial charge in [-0.3, -0.25) is 0 Å². The van der Waals surface area contributed by atoms with Gasteiger partial charge in [0.25, 0.3) is 0 Å². The highest BCUT2D eigenvalue weighted by molar-refractivity contribution is 5.24. The van der Waals surface area contributed by atoms with Crippen LogP contribution in [-0.4, -0.2) is 0 Å². The van der Waals surface area contributed by atoms with E-state index in [2.05, 4.69) is 38.1 Å². The average molecular weight is 308 g/mol. The van der Waals surface area contributed by atoms with Crippen molar-refractivity contribution in [3.8, 4) is 0 Å². The summed E-state index contributed by atoms with van der Waals surface area (Å²) in [5.41, 5.74) is 3.36. The molecule has 0 bridgehead atoms. The van der Waals surface area contributed by atoms with E-state index >= 15 is 0 Å². The monoisotopic (exact) mass is 308 g/mol. The Balaban J connectivity index is 0. The third-order valence-electron chi connectivity index (χ3n) is 2.69. The van der Waals surface area contributed by atoms with Crippen molar-refractivity contribution >= 4 is 0 Å². The molecule has 0 aromatic heterocycles. The molecule has 0 radical (unpaired) electrons. The molecule has 0 saturated heterocycles. The van der Waals surface area contributed by atoms with Gasteiger partial charge in [-0.25, -0.2) is 8.78 Å². The maximum atomic E-state index is 12.6. The van der Waals surface area contributed by atoms with Gasteiger partial charge in [-0.15, -0.1) is 0 Å². The zero-order valence-electron chi connectivity index (χ0n) is 15.2. The zero-order valence-corrected chi connectivity index (χ0v) is 15.2. The molecule has 0 nitrogen and oxygen atoms in total.